The second-order valence-electron chi connectivity index (χ2n) is 3.27. The number of rotatable bonds is 4. The molecule has 0 aliphatic rings. The van der Waals surface area contributed by atoms with Gasteiger partial charge in [-0.05, 0) is 40.2 Å². The molecule has 2 aromatic heterocycles. The normalized spacial score (nSPS) is 12.9. The van der Waals surface area contributed by atoms with Crippen LogP contribution in [0.2, 0.25) is 4.34 Å². The smallest absolute Gasteiger partial charge is 0.0931 e. The van der Waals surface area contributed by atoms with Crippen LogP contribution in [-0.2, 0) is 6.42 Å². The number of hydrogen-bond acceptors (Lipinski definition) is 4. The number of hydrogen-bond donors (Lipinski definition) is 2. The van der Waals surface area contributed by atoms with Crippen LogP contribution in [0.25, 0.3) is 0 Å². The van der Waals surface area contributed by atoms with Crippen molar-refractivity contribution in [2.45, 2.75) is 12.5 Å². The lowest BCUT2D eigenvalue weighted by molar-refractivity contribution is 0.564. The maximum atomic E-state index is 5.90. The summed E-state index contributed by atoms with van der Waals surface area (Å²) in [5.74, 6) is 5.58. The van der Waals surface area contributed by atoms with Crippen molar-refractivity contribution >= 4 is 50.2 Å². The van der Waals surface area contributed by atoms with E-state index in [4.69, 9.17) is 17.4 Å². The van der Waals surface area contributed by atoms with Gasteiger partial charge in [-0.25, -0.2) is 0 Å². The third kappa shape index (κ3) is 3.06. The Morgan fingerprint density at radius 3 is 2.62 bits per heavy atom. The van der Waals surface area contributed by atoms with Crippen LogP contribution in [0.5, 0.6) is 0 Å². The molecule has 2 rings (SSSR count). The van der Waals surface area contributed by atoms with Crippen molar-refractivity contribution in [2.24, 2.45) is 5.84 Å². The van der Waals surface area contributed by atoms with Crippen molar-refractivity contribution in [1.82, 2.24) is 5.43 Å². The average molecular weight is 338 g/mol. The molecule has 2 nitrogen and oxygen atoms in total. The minimum absolute atomic E-state index is 0.144. The summed E-state index contributed by atoms with van der Waals surface area (Å²) in [7, 11) is 0. The van der Waals surface area contributed by atoms with E-state index in [1.165, 1.54) is 9.75 Å². The number of thiophene rings is 2. The zero-order valence-corrected chi connectivity index (χ0v) is 12.2. The molecule has 0 aromatic carbocycles. The van der Waals surface area contributed by atoms with Crippen LogP contribution >= 0.6 is 50.2 Å². The number of nitrogens with one attached hydrogen (secondary N) is 1. The molecule has 16 heavy (non-hydrogen) atoms. The SMILES string of the molecule is NNC(Cc1ccc(Cl)s1)c1ccc(Br)s1. The van der Waals surface area contributed by atoms with Crippen molar-refractivity contribution < 1.29 is 0 Å². The first kappa shape index (κ1) is 12.5. The summed E-state index contributed by atoms with van der Waals surface area (Å²) in [6, 6.07) is 8.21. The summed E-state index contributed by atoms with van der Waals surface area (Å²) in [4.78, 5) is 2.45. The van der Waals surface area contributed by atoms with Gasteiger partial charge in [-0.15, -0.1) is 22.7 Å². The molecule has 2 aromatic rings. The summed E-state index contributed by atoms with van der Waals surface area (Å²) in [6.07, 6.45) is 0.862. The van der Waals surface area contributed by atoms with Crippen molar-refractivity contribution in [3.8, 4) is 0 Å². The molecule has 1 atom stereocenters. The van der Waals surface area contributed by atoms with Gasteiger partial charge in [0.25, 0.3) is 0 Å². The molecule has 0 saturated carbocycles. The third-order valence-electron chi connectivity index (χ3n) is 2.17. The average Bonchev–Trinajstić information content (AvgIpc) is 2.84. The predicted molar refractivity (Wildman–Crippen MR) is 75.1 cm³/mol. The van der Waals surface area contributed by atoms with Crippen LogP contribution in [0.1, 0.15) is 15.8 Å². The van der Waals surface area contributed by atoms with Crippen LogP contribution in [0.4, 0.5) is 0 Å². The molecule has 0 aliphatic heterocycles. The summed E-state index contributed by atoms with van der Waals surface area (Å²) < 4.78 is 1.94. The largest absolute Gasteiger partial charge is 0.271 e. The summed E-state index contributed by atoms with van der Waals surface area (Å²) >= 11 is 12.6. The molecule has 0 amide bonds. The first-order valence-electron chi connectivity index (χ1n) is 4.64. The predicted octanol–water partition coefficient (Wildman–Crippen LogP) is 3.97. The number of hydrazine groups is 1. The Bertz CT molecular complexity index is 469. The second-order valence-corrected chi connectivity index (χ2v) is 7.57. The first-order chi connectivity index (χ1) is 7.69. The van der Waals surface area contributed by atoms with E-state index in [9.17, 15) is 0 Å². The lowest BCUT2D eigenvalue weighted by Gasteiger charge is -2.12. The fourth-order valence-electron chi connectivity index (χ4n) is 1.42. The van der Waals surface area contributed by atoms with E-state index in [0.29, 0.717) is 0 Å². The van der Waals surface area contributed by atoms with Gasteiger partial charge in [0.15, 0.2) is 0 Å². The van der Waals surface area contributed by atoms with Crippen LogP contribution in [0.15, 0.2) is 28.1 Å². The molecular weight excluding hydrogens is 328 g/mol. The molecule has 6 heteroatoms. The van der Waals surface area contributed by atoms with E-state index in [1.807, 2.05) is 18.2 Å². The Hall–Kier alpha value is 0.0900. The second kappa shape index (κ2) is 5.62. The van der Waals surface area contributed by atoms with Crippen LogP contribution in [0.3, 0.4) is 0 Å². The van der Waals surface area contributed by atoms with Gasteiger partial charge in [0.05, 0.1) is 14.2 Å². The van der Waals surface area contributed by atoms with Gasteiger partial charge in [-0.3, -0.25) is 11.3 Å². The van der Waals surface area contributed by atoms with Crippen molar-refractivity contribution in [1.29, 1.82) is 0 Å². The minimum Gasteiger partial charge on any atom is -0.271 e. The molecular formula is C10H10BrClN2S2. The molecule has 0 spiro atoms. The Balaban J connectivity index is 2.12. The van der Waals surface area contributed by atoms with Crippen LogP contribution in [0, 0.1) is 0 Å². The zero-order valence-electron chi connectivity index (χ0n) is 8.24. The molecule has 0 saturated heterocycles. The fourth-order valence-corrected chi connectivity index (χ4v) is 4.04. The maximum absolute atomic E-state index is 5.90. The maximum Gasteiger partial charge on any atom is 0.0931 e. The molecule has 2 heterocycles. The Labute approximate surface area is 116 Å². The molecule has 0 aliphatic carbocycles. The molecule has 3 N–H and O–H groups in total. The highest BCUT2D eigenvalue weighted by Gasteiger charge is 2.13. The van der Waals surface area contributed by atoms with E-state index >= 15 is 0 Å². The fraction of sp³-hybridized carbons (Fsp3) is 0.200. The minimum atomic E-state index is 0.144. The van der Waals surface area contributed by atoms with E-state index in [1.54, 1.807) is 22.7 Å². The summed E-state index contributed by atoms with van der Waals surface area (Å²) in [5.41, 5.74) is 2.84. The van der Waals surface area contributed by atoms with Gasteiger partial charge in [0.2, 0.25) is 0 Å². The van der Waals surface area contributed by atoms with E-state index in [2.05, 4.69) is 27.4 Å². The van der Waals surface area contributed by atoms with Gasteiger partial charge in [-0.2, -0.15) is 0 Å². The Morgan fingerprint density at radius 2 is 2.12 bits per heavy atom. The van der Waals surface area contributed by atoms with Crippen molar-refractivity contribution in [3.63, 3.8) is 0 Å². The van der Waals surface area contributed by atoms with Crippen molar-refractivity contribution in [3.05, 3.63) is 42.1 Å². The summed E-state index contributed by atoms with van der Waals surface area (Å²) in [6.45, 7) is 0. The lowest BCUT2D eigenvalue weighted by Crippen LogP contribution is -2.28. The molecule has 0 fully saturated rings. The van der Waals surface area contributed by atoms with Crippen molar-refractivity contribution in [2.75, 3.05) is 0 Å². The monoisotopic (exact) mass is 336 g/mol. The highest BCUT2D eigenvalue weighted by molar-refractivity contribution is 9.11. The van der Waals surface area contributed by atoms with Gasteiger partial charge >= 0.3 is 0 Å². The van der Waals surface area contributed by atoms with E-state index in [-0.39, 0.29) is 6.04 Å². The number of halogens is 2. The lowest BCUT2D eigenvalue weighted by atomic mass is 10.1. The van der Waals surface area contributed by atoms with E-state index in [0.717, 1.165) is 14.5 Å². The molecule has 1 unspecified atom stereocenters. The summed E-state index contributed by atoms with van der Waals surface area (Å²) in [5, 5.41) is 0. The van der Waals surface area contributed by atoms with Gasteiger partial charge in [-0.1, -0.05) is 11.6 Å². The zero-order chi connectivity index (χ0) is 11.5. The van der Waals surface area contributed by atoms with Gasteiger partial charge < -0.3 is 0 Å². The highest BCUT2D eigenvalue weighted by Crippen LogP contribution is 2.31. The Kier molecular flexibility index (Phi) is 4.41. The first-order valence-corrected chi connectivity index (χ1v) is 7.45. The highest BCUT2D eigenvalue weighted by atomic mass is 79.9. The standard InChI is InChI=1S/C10H10BrClN2S2/c11-9-3-2-8(16-9)7(14-13)5-6-1-4-10(12)15-6/h1-4,7,14H,5,13H2. The molecule has 86 valence electrons. The van der Waals surface area contributed by atoms with Gasteiger partial charge in [0.1, 0.15) is 0 Å². The van der Waals surface area contributed by atoms with Crippen LogP contribution < -0.4 is 11.3 Å². The van der Waals surface area contributed by atoms with E-state index < -0.39 is 0 Å². The van der Waals surface area contributed by atoms with Gasteiger partial charge in [0, 0.05) is 16.2 Å². The topological polar surface area (TPSA) is 38.0 Å². The Morgan fingerprint density at radius 1 is 1.31 bits per heavy atom. The molecule has 0 radical (unpaired) electrons. The third-order valence-corrected chi connectivity index (χ3v) is 5.16. The van der Waals surface area contributed by atoms with Crippen LogP contribution in [-0.4, -0.2) is 0 Å². The number of nitrogens with two attached hydrogens (primary N) is 1. The quantitative estimate of drug-likeness (QED) is 0.654. The molecule has 0 bridgehead atoms.